The average molecular weight is 417 g/mol. The van der Waals surface area contributed by atoms with E-state index >= 15 is 0 Å². The third kappa shape index (κ3) is 4.48. The van der Waals surface area contributed by atoms with Crippen LogP contribution in [-0.4, -0.2) is 51.0 Å². The summed E-state index contributed by atoms with van der Waals surface area (Å²) < 4.78 is 70.9. The Hall–Kier alpha value is -1.36. The van der Waals surface area contributed by atoms with E-state index < -0.39 is 44.2 Å². The van der Waals surface area contributed by atoms with Crippen molar-refractivity contribution in [2.45, 2.75) is 37.0 Å². The zero-order valence-corrected chi connectivity index (χ0v) is 16.0. The summed E-state index contributed by atoms with van der Waals surface area (Å²) >= 11 is 0. The van der Waals surface area contributed by atoms with Crippen LogP contribution in [0.25, 0.3) is 0 Å². The van der Waals surface area contributed by atoms with Gasteiger partial charge in [0.1, 0.15) is 0 Å². The molecule has 6 nitrogen and oxygen atoms in total. The molecule has 148 valence electrons. The first-order valence-corrected chi connectivity index (χ1v) is 8.97. The first-order valence-electron chi connectivity index (χ1n) is 7.53. The van der Waals surface area contributed by atoms with Gasteiger partial charge in [0.05, 0.1) is 23.1 Å². The summed E-state index contributed by atoms with van der Waals surface area (Å²) in [6.45, 7) is 4.00. The van der Waals surface area contributed by atoms with E-state index in [-0.39, 0.29) is 25.0 Å². The van der Waals surface area contributed by atoms with E-state index in [1.807, 2.05) is 0 Å². The van der Waals surface area contributed by atoms with Crippen LogP contribution in [0.3, 0.4) is 0 Å². The Morgan fingerprint density at radius 1 is 1.31 bits per heavy atom. The Morgan fingerprint density at radius 2 is 1.92 bits per heavy atom. The molecule has 0 radical (unpaired) electrons. The van der Waals surface area contributed by atoms with Crippen LogP contribution < -0.4 is 5.32 Å². The van der Waals surface area contributed by atoms with Crippen molar-refractivity contribution in [2.24, 2.45) is 0 Å². The molecule has 2 rings (SSSR count). The molecule has 1 aliphatic rings. The van der Waals surface area contributed by atoms with Gasteiger partial charge in [-0.2, -0.15) is 17.5 Å². The van der Waals surface area contributed by atoms with Crippen molar-refractivity contribution in [3.63, 3.8) is 0 Å². The molecule has 0 aromatic heterocycles. The first kappa shape index (κ1) is 22.7. The number of carbonyl (C=O) groups is 1. The SMILES string of the molecule is COC(=O)c1ccc(S(=O)(=O)N2CC(C)NCC2C)cc1C(F)(F)F.Cl. The number of hydrogen-bond donors (Lipinski definition) is 1. The van der Waals surface area contributed by atoms with E-state index in [2.05, 4.69) is 10.1 Å². The summed E-state index contributed by atoms with van der Waals surface area (Å²) in [7, 11) is -3.18. The van der Waals surface area contributed by atoms with Gasteiger partial charge in [-0.3, -0.25) is 0 Å². The van der Waals surface area contributed by atoms with Gasteiger partial charge in [0.25, 0.3) is 0 Å². The molecule has 1 N–H and O–H groups in total. The number of ether oxygens (including phenoxy) is 1. The van der Waals surface area contributed by atoms with Crippen LogP contribution in [0.2, 0.25) is 0 Å². The monoisotopic (exact) mass is 416 g/mol. The molecular formula is C15H20ClF3N2O4S. The standard InChI is InChI=1S/C15H19F3N2O4S.ClH/c1-9-8-20(10(2)7-19-9)25(22,23)11-4-5-12(14(21)24-3)13(6-11)15(16,17)18;/h4-6,9-10,19H,7-8H2,1-3H3;1H. The topological polar surface area (TPSA) is 75.7 Å². The molecule has 0 saturated carbocycles. The third-order valence-corrected chi connectivity index (χ3v) is 5.99. The van der Waals surface area contributed by atoms with Crippen molar-refractivity contribution in [2.75, 3.05) is 20.2 Å². The van der Waals surface area contributed by atoms with Crippen molar-refractivity contribution in [1.82, 2.24) is 9.62 Å². The fraction of sp³-hybridized carbons (Fsp3) is 0.533. The minimum Gasteiger partial charge on any atom is -0.465 e. The highest BCUT2D eigenvalue weighted by Gasteiger charge is 2.39. The largest absolute Gasteiger partial charge is 0.465 e. The Balaban J connectivity index is 0.00000338. The maximum Gasteiger partial charge on any atom is 0.417 e. The van der Waals surface area contributed by atoms with Gasteiger partial charge in [-0.15, -0.1) is 12.4 Å². The zero-order valence-electron chi connectivity index (χ0n) is 14.3. The van der Waals surface area contributed by atoms with Crippen LogP contribution in [0.5, 0.6) is 0 Å². The Bertz CT molecular complexity index is 771. The summed E-state index contributed by atoms with van der Waals surface area (Å²) in [5.41, 5.74) is -2.06. The van der Waals surface area contributed by atoms with Gasteiger partial charge in [0.15, 0.2) is 0 Å². The minimum absolute atomic E-state index is 0. The number of alkyl halides is 3. The first-order chi connectivity index (χ1) is 11.5. The van der Waals surface area contributed by atoms with Crippen LogP contribution in [0.15, 0.2) is 23.1 Å². The molecule has 1 aliphatic heterocycles. The molecule has 26 heavy (non-hydrogen) atoms. The van der Waals surface area contributed by atoms with Crippen LogP contribution in [0, 0.1) is 0 Å². The van der Waals surface area contributed by atoms with Gasteiger partial charge in [0.2, 0.25) is 10.0 Å². The summed E-state index contributed by atoms with van der Waals surface area (Å²) in [6, 6.07) is 1.79. The van der Waals surface area contributed by atoms with E-state index in [1.54, 1.807) is 13.8 Å². The summed E-state index contributed by atoms with van der Waals surface area (Å²) in [6.07, 6.45) is -4.89. The predicted octanol–water partition coefficient (Wildman–Crippen LogP) is 2.28. The van der Waals surface area contributed by atoms with Crippen LogP contribution in [-0.2, 0) is 20.9 Å². The van der Waals surface area contributed by atoms with E-state index in [4.69, 9.17) is 0 Å². The third-order valence-electron chi connectivity index (χ3n) is 4.02. The molecule has 0 amide bonds. The van der Waals surface area contributed by atoms with Crippen LogP contribution >= 0.6 is 12.4 Å². The maximum atomic E-state index is 13.3. The Labute approximate surface area is 156 Å². The smallest absolute Gasteiger partial charge is 0.417 e. The molecule has 2 atom stereocenters. The lowest BCUT2D eigenvalue weighted by molar-refractivity contribution is -0.138. The summed E-state index contributed by atoms with van der Waals surface area (Å²) in [4.78, 5) is 11.0. The molecule has 1 aromatic carbocycles. The molecular weight excluding hydrogens is 397 g/mol. The van der Waals surface area contributed by atoms with E-state index in [9.17, 15) is 26.4 Å². The van der Waals surface area contributed by atoms with Gasteiger partial charge in [0, 0.05) is 25.2 Å². The maximum absolute atomic E-state index is 13.3. The van der Waals surface area contributed by atoms with Gasteiger partial charge >= 0.3 is 12.1 Å². The summed E-state index contributed by atoms with van der Waals surface area (Å²) in [5, 5.41) is 3.11. The Kier molecular flexibility index (Phi) is 7.08. The highest BCUT2D eigenvalue weighted by molar-refractivity contribution is 7.89. The van der Waals surface area contributed by atoms with E-state index in [0.717, 1.165) is 19.2 Å². The number of benzene rings is 1. The van der Waals surface area contributed by atoms with Crippen LogP contribution in [0.4, 0.5) is 13.2 Å². The van der Waals surface area contributed by atoms with Crippen molar-refractivity contribution >= 4 is 28.4 Å². The molecule has 1 heterocycles. The zero-order chi connectivity index (χ0) is 19.0. The molecule has 11 heteroatoms. The second-order valence-electron chi connectivity index (χ2n) is 5.93. The number of nitrogens with one attached hydrogen (secondary N) is 1. The van der Waals surface area contributed by atoms with Crippen molar-refractivity contribution in [1.29, 1.82) is 0 Å². The molecule has 1 fully saturated rings. The van der Waals surface area contributed by atoms with Crippen molar-refractivity contribution in [3.05, 3.63) is 29.3 Å². The van der Waals surface area contributed by atoms with E-state index in [0.29, 0.717) is 12.6 Å². The number of sulfonamides is 1. The highest BCUT2D eigenvalue weighted by atomic mass is 35.5. The molecule has 2 unspecified atom stereocenters. The average Bonchev–Trinajstić information content (AvgIpc) is 2.54. The normalized spacial score (nSPS) is 21.8. The second-order valence-corrected chi connectivity index (χ2v) is 7.82. The molecule has 0 bridgehead atoms. The predicted molar refractivity (Wildman–Crippen MR) is 90.9 cm³/mol. The van der Waals surface area contributed by atoms with Gasteiger partial charge < -0.3 is 10.1 Å². The highest BCUT2D eigenvalue weighted by Crippen LogP contribution is 2.35. The van der Waals surface area contributed by atoms with Crippen LogP contribution in [0.1, 0.15) is 29.8 Å². The Morgan fingerprint density at radius 3 is 2.46 bits per heavy atom. The molecule has 1 saturated heterocycles. The number of carbonyl (C=O) groups excluding carboxylic acids is 1. The molecule has 1 aromatic rings. The van der Waals surface area contributed by atoms with Gasteiger partial charge in [-0.1, -0.05) is 0 Å². The van der Waals surface area contributed by atoms with Gasteiger partial charge in [-0.05, 0) is 32.0 Å². The number of halogens is 4. The molecule has 0 spiro atoms. The van der Waals surface area contributed by atoms with Crippen molar-refractivity contribution in [3.8, 4) is 0 Å². The number of nitrogens with zero attached hydrogens (tertiary/aromatic N) is 1. The lowest BCUT2D eigenvalue weighted by Gasteiger charge is -2.36. The van der Waals surface area contributed by atoms with Gasteiger partial charge in [-0.25, -0.2) is 13.2 Å². The number of rotatable bonds is 3. The number of piperazine rings is 1. The number of methoxy groups -OCH3 is 1. The lowest BCUT2D eigenvalue weighted by Crippen LogP contribution is -2.56. The minimum atomic E-state index is -4.89. The number of esters is 1. The van der Waals surface area contributed by atoms with Crippen molar-refractivity contribution < 1.29 is 31.1 Å². The van der Waals surface area contributed by atoms with E-state index in [1.165, 1.54) is 4.31 Å². The quantitative estimate of drug-likeness (QED) is 0.765. The number of hydrogen-bond acceptors (Lipinski definition) is 5. The fourth-order valence-electron chi connectivity index (χ4n) is 2.66. The second kappa shape index (κ2) is 8.12. The molecule has 0 aliphatic carbocycles. The fourth-order valence-corrected chi connectivity index (χ4v) is 4.41. The lowest BCUT2D eigenvalue weighted by atomic mass is 10.1. The summed E-state index contributed by atoms with van der Waals surface area (Å²) in [5.74, 6) is -1.18.